The predicted molar refractivity (Wildman–Crippen MR) is 156 cm³/mol. The number of benzene rings is 3. The second-order valence-corrected chi connectivity index (χ2v) is 12.0. The summed E-state index contributed by atoms with van der Waals surface area (Å²) < 4.78 is 29.1. The number of anilines is 1. The first-order chi connectivity index (χ1) is 18.9. The Morgan fingerprint density at radius 3 is 2.30 bits per heavy atom. The summed E-state index contributed by atoms with van der Waals surface area (Å²) in [4.78, 5) is 39.0. The molecule has 0 spiro atoms. The maximum absolute atomic E-state index is 13.9. The molecule has 0 aliphatic carbocycles. The van der Waals surface area contributed by atoms with Gasteiger partial charge in [-0.2, -0.15) is 0 Å². The van der Waals surface area contributed by atoms with Crippen LogP contribution < -0.4 is 9.62 Å². The zero-order valence-corrected chi connectivity index (χ0v) is 24.8. The van der Waals surface area contributed by atoms with Crippen LogP contribution in [-0.4, -0.2) is 48.7 Å². The van der Waals surface area contributed by atoms with Crippen LogP contribution in [0.25, 0.3) is 0 Å². The van der Waals surface area contributed by atoms with Crippen LogP contribution in [0.5, 0.6) is 0 Å². The summed E-state index contributed by atoms with van der Waals surface area (Å²) in [5.41, 5.74) is 0.342. The van der Waals surface area contributed by atoms with Crippen LogP contribution >= 0.6 is 15.9 Å². The molecule has 3 aromatic rings. The molecule has 12 heteroatoms. The van der Waals surface area contributed by atoms with E-state index in [0.717, 1.165) is 20.4 Å². The van der Waals surface area contributed by atoms with Crippen LogP contribution in [0, 0.1) is 10.1 Å². The van der Waals surface area contributed by atoms with Gasteiger partial charge in [0.25, 0.3) is 15.7 Å². The fourth-order valence-electron chi connectivity index (χ4n) is 3.89. The van der Waals surface area contributed by atoms with Crippen molar-refractivity contribution >= 4 is 49.1 Å². The zero-order valence-electron chi connectivity index (χ0n) is 22.4. The van der Waals surface area contributed by atoms with Gasteiger partial charge in [0.15, 0.2) is 0 Å². The Kier molecular flexibility index (Phi) is 10.4. The largest absolute Gasteiger partial charge is 0.352 e. The van der Waals surface area contributed by atoms with Crippen molar-refractivity contribution in [1.82, 2.24) is 10.2 Å². The van der Waals surface area contributed by atoms with E-state index in [9.17, 15) is 28.1 Å². The van der Waals surface area contributed by atoms with Gasteiger partial charge in [0.2, 0.25) is 11.8 Å². The van der Waals surface area contributed by atoms with E-state index < -0.39 is 33.4 Å². The molecule has 1 N–H and O–H groups in total. The molecular formula is C28H31BrN4O6S. The van der Waals surface area contributed by atoms with E-state index in [1.54, 1.807) is 43.3 Å². The number of amides is 2. The van der Waals surface area contributed by atoms with Gasteiger partial charge in [-0.3, -0.25) is 24.0 Å². The van der Waals surface area contributed by atoms with Crippen molar-refractivity contribution in [2.75, 3.05) is 10.8 Å². The smallest absolute Gasteiger partial charge is 0.271 e. The van der Waals surface area contributed by atoms with Crippen molar-refractivity contribution in [2.24, 2.45) is 0 Å². The molecule has 0 aromatic heterocycles. The Labute approximate surface area is 242 Å². The average Bonchev–Trinajstić information content (AvgIpc) is 2.94. The molecule has 0 aliphatic heterocycles. The third kappa shape index (κ3) is 7.66. The van der Waals surface area contributed by atoms with E-state index in [0.29, 0.717) is 6.42 Å². The lowest BCUT2D eigenvalue weighted by atomic mass is 10.1. The zero-order chi connectivity index (χ0) is 29.4. The summed E-state index contributed by atoms with van der Waals surface area (Å²) in [5.74, 6) is -1.04. The quantitative estimate of drug-likeness (QED) is 0.224. The van der Waals surface area contributed by atoms with E-state index in [2.05, 4.69) is 21.2 Å². The van der Waals surface area contributed by atoms with Gasteiger partial charge in [0.1, 0.15) is 12.6 Å². The molecule has 0 heterocycles. The highest BCUT2D eigenvalue weighted by atomic mass is 79.9. The second kappa shape index (κ2) is 13.5. The fraction of sp³-hybridized carbons (Fsp3) is 0.286. The Morgan fingerprint density at radius 2 is 1.68 bits per heavy atom. The normalized spacial score (nSPS) is 12.7. The van der Waals surface area contributed by atoms with Crippen LogP contribution in [0.2, 0.25) is 0 Å². The molecule has 2 unspecified atom stereocenters. The number of non-ortho nitro benzene ring substituents is 1. The minimum Gasteiger partial charge on any atom is -0.352 e. The number of nitro groups is 1. The molecular weight excluding hydrogens is 600 g/mol. The van der Waals surface area contributed by atoms with Crippen LogP contribution in [0.3, 0.4) is 0 Å². The lowest BCUT2D eigenvalue weighted by Crippen LogP contribution is -2.52. The van der Waals surface area contributed by atoms with E-state index in [1.165, 1.54) is 35.2 Å². The summed E-state index contributed by atoms with van der Waals surface area (Å²) >= 11 is 3.41. The van der Waals surface area contributed by atoms with Crippen LogP contribution in [-0.2, 0) is 26.2 Å². The first-order valence-corrected chi connectivity index (χ1v) is 14.8. The van der Waals surface area contributed by atoms with Crippen LogP contribution in [0.4, 0.5) is 11.4 Å². The molecule has 0 radical (unpaired) electrons. The van der Waals surface area contributed by atoms with Gasteiger partial charge in [-0.1, -0.05) is 59.3 Å². The van der Waals surface area contributed by atoms with Gasteiger partial charge < -0.3 is 10.2 Å². The molecule has 0 fully saturated rings. The first kappa shape index (κ1) is 30.8. The summed E-state index contributed by atoms with van der Waals surface area (Å²) in [5, 5.41) is 14.3. The minimum atomic E-state index is -4.32. The van der Waals surface area contributed by atoms with E-state index in [1.807, 2.05) is 19.9 Å². The standard InChI is InChI=1S/C28H31BrN4O6S/c1-4-20(2)30-28(35)21(3)31(18-22-10-8-11-23(29)16-22)27(34)19-32(24-12-9-13-25(17-24)33(36)37)40(38,39)26-14-6-5-7-15-26/h5-17,20-21H,4,18-19H2,1-3H3,(H,30,35). The highest BCUT2D eigenvalue weighted by Crippen LogP contribution is 2.27. The molecule has 0 bridgehead atoms. The molecule has 3 rings (SSSR count). The van der Waals surface area contributed by atoms with Gasteiger partial charge in [-0.25, -0.2) is 8.42 Å². The van der Waals surface area contributed by atoms with Crippen molar-refractivity contribution in [2.45, 2.75) is 50.7 Å². The number of halogens is 1. The number of hydrogen-bond acceptors (Lipinski definition) is 6. The highest BCUT2D eigenvalue weighted by Gasteiger charge is 2.33. The third-order valence-electron chi connectivity index (χ3n) is 6.35. The molecule has 0 aliphatic rings. The number of hydrogen-bond donors (Lipinski definition) is 1. The molecule has 3 aromatic carbocycles. The van der Waals surface area contributed by atoms with Crippen molar-refractivity contribution < 1.29 is 22.9 Å². The van der Waals surface area contributed by atoms with Gasteiger partial charge >= 0.3 is 0 Å². The number of nitro benzene ring substituents is 1. The Hall–Kier alpha value is -3.77. The molecule has 0 saturated heterocycles. The van der Waals surface area contributed by atoms with Crippen molar-refractivity contribution in [1.29, 1.82) is 0 Å². The van der Waals surface area contributed by atoms with E-state index in [-0.39, 0.29) is 34.8 Å². The van der Waals surface area contributed by atoms with E-state index >= 15 is 0 Å². The average molecular weight is 632 g/mol. The van der Waals surface area contributed by atoms with Gasteiger partial charge in [0, 0.05) is 29.2 Å². The number of sulfonamides is 1. The monoisotopic (exact) mass is 630 g/mol. The predicted octanol–water partition coefficient (Wildman–Crippen LogP) is 4.88. The summed E-state index contributed by atoms with van der Waals surface area (Å²) in [6.45, 7) is 4.69. The third-order valence-corrected chi connectivity index (χ3v) is 8.63. The Morgan fingerprint density at radius 1 is 1.00 bits per heavy atom. The Balaban J connectivity index is 2.06. The second-order valence-electron chi connectivity index (χ2n) is 9.25. The Bertz CT molecular complexity index is 1470. The number of carbonyl (C=O) groups is 2. The number of rotatable bonds is 12. The maximum atomic E-state index is 13.9. The number of nitrogens with zero attached hydrogens (tertiary/aromatic N) is 3. The molecule has 0 saturated carbocycles. The molecule has 10 nitrogen and oxygen atoms in total. The summed E-state index contributed by atoms with van der Waals surface area (Å²) in [7, 11) is -4.32. The number of nitrogens with one attached hydrogen (secondary N) is 1. The fourth-order valence-corrected chi connectivity index (χ4v) is 5.76. The minimum absolute atomic E-state index is 0.0293. The first-order valence-electron chi connectivity index (χ1n) is 12.6. The lowest BCUT2D eigenvalue weighted by Gasteiger charge is -2.32. The van der Waals surface area contributed by atoms with Crippen LogP contribution in [0.15, 0.2) is 88.2 Å². The van der Waals surface area contributed by atoms with E-state index in [4.69, 9.17) is 0 Å². The SMILES string of the molecule is CCC(C)NC(=O)C(C)N(Cc1cccc(Br)c1)C(=O)CN(c1cccc([N+](=O)[O-])c1)S(=O)(=O)c1ccccc1. The topological polar surface area (TPSA) is 130 Å². The lowest BCUT2D eigenvalue weighted by molar-refractivity contribution is -0.384. The molecule has 2 amide bonds. The van der Waals surface area contributed by atoms with Crippen LogP contribution in [0.1, 0.15) is 32.8 Å². The van der Waals surface area contributed by atoms with Crippen molar-refractivity contribution in [3.05, 3.63) is 99.0 Å². The number of carbonyl (C=O) groups excluding carboxylic acids is 2. The van der Waals surface area contributed by atoms with Gasteiger partial charge in [-0.15, -0.1) is 0 Å². The molecule has 40 heavy (non-hydrogen) atoms. The highest BCUT2D eigenvalue weighted by molar-refractivity contribution is 9.10. The maximum Gasteiger partial charge on any atom is 0.271 e. The molecule has 2 atom stereocenters. The van der Waals surface area contributed by atoms with Crippen molar-refractivity contribution in [3.8, 4) is 0 Å². The summed E-state index contributed by atoms with van der Waals surface area (Å²) in [6.07, 6.45) is 0.688. The van der Waals surface area contributed by atoms with Gasteiger partial charge in [0.05, 0.1) is 15.5 Å². The molecule has 212 valence electrons. The van der Waals surface area contributed by atoms with Crippen molar-refractivity contribution in [3.63, 3.8) is 0 Å². The summed E-state index contributed by atoms with van der Waals surface area (Å²) in [6, 6.07) is 18.7. The van der Waals surface area contributed by atoms with Gasteiger partial charge in [-0.05, 0) is 56.2 Å².